The zero-order valence-electron chi connectivity index (χ0n) is 21.1. The number of ether oxygens (including phenoxy) is 1. The van der Waals surface area contributed by atoms with E-state index in [-0.39, 0.29) is 29.4 Å². The van der Waals surface area contributed by atoms with E-state index < -0.39 is 17.9 Å². The van der Waals surface area contributed by atoms with Gasteiger partial charge < -0.3 is 14.9 Å². The molecule has 0 saturated heterocycles. The molecule has 3 rings (SSSR count). The summed E-state index contributed by atoms with van der Waals surface area (Å²) in [6.07, 6.45) is 0. The smallest absolute Gasteiger partial charge is 0.334 e. The standard InChI is InChI=1S/C31H32O5/c1-20(2)27(30(33)34)29(24-16-11-17-25(32)18-24)28(21(3)4)31(35)36-19-26(22-12-7-5-8-13-22)23-14-9-6-10-15-23/h5-18,26,29,32H,19H2,1-4H3,(H,33,34). The number of carbonyl (C=O) groups excluding carboxylic acids is 1. The summed E-state index contributed by atoms with van der Waals surface area (Å²) >= 11 is 0. The zero-order valence-corrected chi connectivity index (χ0v) is 21.1. The largest absolute Gasteiger partial charge is 0.508 e. The molecule has 3 aromatic carbocycles. The lowest BCUT2D eigenvalue weighted by atomic mass is 9.80. The van der Waals surface area contributed by atoms with Crippen LogP contribution in [0.2, 0.25) is 0 Å². The third kappa shape index (κ3) is 6.30. The second-order valence-electron chi connectivity index (χ2n) is 9.13. The molecule has 1 unspecified atom stereocenters. The van der Waals surface area contributed by atoms with Crippen LogP contribution in [0.25, 0.3) is 0 Å². The summed E-state index contributed by atoms with van der Waals surface area (Å²) in [5.41, 5.74) is 4.06. The number of carboxylic acids is 1. The number of phenolic OH excluding ortho intramolecular Hbond substituents is 1. The van der Waals surface area contributed by atoms with E-state index >= 15 is 0 Å². The van der Waals surface area contributed by atoms with Gasteiger partial charge in [-0.15, -0.1) is 0 Å². The quantitative estimate of drug-likeness (QED) is 0.264. The first-order valence-electron chi connectivity index (χ1n) is 11.8. The second-order valence-corrected chi connectivity index (χ2v) is 9.13. The van der Waals surface area contributed by atoms with Gasteiger partial charge in [-0.1, -0.05) is 83.9 Å². The highest BCUT2D eigenvalue weighted by Crippen LogP contribution is 2.38. The SMILES string of the molecule is CC(C)=C(C(=O)O)C(C(C(=O)OCC(c1ccccc1)c1ccccc1)=C(C)C)c1cccc(O)c1. The Labute approximate surface area is 212 Å². The predicted molar refractivity (Wildman–Crippen MR) is 141 cm³/mol. The Bertz CT molecular complexity index is 1230. The number of aromatic hydroxyl groups is 1. The van der Waals surface area contributed by atoms with E-state index in [0.717, 1.165) is 11.1 Å². The molecule has 0 aromatic heterocycles. The van der Waals surface area contributed by atoms with E-state index in [1.807, 2.05) is 60.7 Å². The van der Waals surface area contributed by atoms with Crippen molar-refractivity contribution < 1.29 is 24.5 Å². The Balaban J connectivity index is 2.02. The number of hydrogen-bond acceptors (Lipinski definition) is 4. The van der Waals surface area contributed by atoms with Gasteiger partial charge >= 0.3 is 11.9 Å². The van der Waals surface area contributed by atoms with Crippen LogP contribution in [0, 0.1) is 0 Å². The molecule has 0 bridgehead atoms. The third-order valence-electron chi connectivity index (χ3n) is 6.09. The Kier molecular flexibility index (Phi) is 8.85. The molecular weight excluding hydrogens is 452 g/mol. The van der Waals surface area contributed by atoms with Gasteiger partial charge in [-0.3, -0.25) is 0 Å². The maximum absolute atomic E-state index is 13.6. The summed E-state index contributed by atoms with van der Waals surface area (Å²) in [5.74, 6) is -2.80. The molecule has 5 nitrogen and oxygen atoms in total. The molecule has 3 aromatic rings. The highest BCUT2D eigenvalue weighted by molar-refractivity contribution is 5.98. The van der Waals surface area contributed by atoms with Gasteiger partial charge in [0.2, 0.25) is 0 Å². The molecule has 0 heterocycles. The highest BCUT2D eigenvalue weighted by Gasteiger charge is 2.33. The summed E-state index contributed by atoms with van der Waals surface area (Å²) < 4.78 is 5.90. The van der Waals surface area contributed by atoms with Gasteiger partial charge in [0.25, 0.3) is 0 Å². The lowest BCUT2D eigenvalue weighted by Gasteiger charge is -2.25. The van der Waals surface area contributed by atoms with E-state index in [2.05, 4.69) is 0 Å². The van der Waals surface area contributed by atoms with Gasteiger partial charge in [0.1, 0.15) is 12.4 Å². The second kappa shape index (κ2) is 12.0. The molecule has 36 heavy (non-hydrogen) atoms. The lowest BCUT2D eigenvalue weighted by molar-refractivity contribution is -0.139. The first kappa shape index (κ1) is 26.5. The van der Waals surface area contributed by atoms with Crippen molar-refractivity contribution in [3.8, 4) is 5.75 Å². The molecule has 1 atom stereocenters. The van der Waals surface area contributed by atoms with E-state index in [9.17, 15) is 19.8 Å². The molecule has 0 saturated carbocycles. The Morgan fingerprint density at radius 3 is 1.67 bits per heavy atom. The maximum Gasteiger partial charge on any atom is 0.334 e. The fourth-order valence-corrected chi connectivity index (χ4v) is 4.41. The number of rotatable bonds is 9. The monoisotopic (exact) mass is 484 g/mol. The van der Waals surface area contributed by atoms with Crippen LogP contribution >= 0.6 is 0 Å². The summed E-state index contributed by atoms with van der Waals surface area (Å²) in [4.78, 5) is 26.0. The number of hydrogen-bond donors (Lipinski definition) is 2. The minimum atomic E-state index is -1.12. The minimum Gasteiger partial charge on any atom is -0.508 e. The molecule has 2 N–H and O–H groups in total. The van der Waals surface area contributed by atoms with Crippen molar-refractivity contribution >= 4 is 11.9 Å². The highest BCUT2D eigenvalue weighted by atomic mass is 16.5. The maximum atomic E-state index is 13.6. The number of aliphatic carboxylic acids is 1. The van der Waals surface area contributed by atoms with Crippen molar-refractivity contribution in [2.45, 2.75) is 39.5 Å². The molecule has 0 radical (unpaired) electrons. The average Bonchev–Trinajstić information content (AvgIpc) is 2.84. The van der Waals surface area contributed by atoms with E-state index in [4.69, 9.17) is 4.74 Å². The van der Waals surface area contributed by atoms with Gasteiger partial charge in [-0.05, 0) is 56.5 Å². The van der Waals surface area contributed by atoms with Crippen LogP contribution < -0.4 is 0 Å². The van der Waals surface area contributed by atoms with Crippen LogP contribution in [0.1, 0.15) is 56.2 Å². The summed E-state index contributed by atoms with van der Waals surface area (Å²) in [7, 11) is 0. The topological polar surface area (TPSA) is 83.8 Å². The van der Waals surface area contributed by atoms with E-state index in [0.29, 0.717) is 16.7 Å². The molecular formula is C31H32O5. The van der Waals surface area contributed by atoms with Gasteiger partial charge in [0, 0.05) is 23.0 Å². The number of phenols is 1. The van der Waals surface area contributed by atoms with E-state index in [1.54, 1.807) is 39.8 Å². The van der Waals surface area contributed by atoms with Crippen LogP contribution in [0.15, 0.2) is 107 Å². The molecule has 0 amide bonds. The number of carboxylic acid groups (broad SMARTS) is 1. The molecule has 5 heteroatoms. The van der Waals surface area contributed by atoms with Crippen LogP contribution in [-0.4, -0.2) is 28.8 Å². The molecule has 186 valence electrons. The van der Waals surface area contributed by atoms with Crippen LogP contribution in [0.4, 0.5) is 0 Å². The first-order chi connectivity index (χ1) is 17.2. The zero-order chi connectivity index (χ0) is 26.2. The van der Waals surface area contributed by atoms with Crippen molar-refractivity contribution in [2.75, 3.05) is 6.61 Å². The van der Waals surface area contributed by atoms with E-state index in [1.165, 1.54) is 12.1 Å². The van der Waals surface area contributed by atoms with Crippen molar-refractivity contribution in [3.63, 3.8) is 0 Å². The van der Waals surface area contributed by atoms with Crippen molar-refractivity contribution in [2.24, 2.45) is 0 Å². The summed E-state index contributed by atoms with van der Waals surface area (Å²) in [5, 5.41) is 20.2. The average molecular weight is 485 g/mol. The fraction of sp³-hybridized carbons (Fsp3) is 0.226. The summed E-state index contributed by atoms with van der Waals surface area (Å²) in [6.45, 7) is 7.03. The van der Waals surface area contributed by atoms with Crippen LogP contribution in [0.5, 0.6) is 5.75 Å². The third-order valence-corrected chi connectivity index (χ3v) is 6.09. The number of esters is 1. The number of allylic oxidation sites excluding steroid dienone is 2. The molecule has 0 aliphatic rings. The van der Waals surface area contributed by atoms with Crippen LogP contribution in [-0.2, 0) is 14.3 Å². The Hall–Kier alpha value is -4.12. The molecule has 0 fully saturated rings. The lowest BCUT2D eigenvalue weighted by Crippen LogP contribution is -2.24. The fourth-order valence-electron chi connectivity index (χ4n) is 4.41. The molecule has 0 aliphatic carbocycles. The number of carbonyl (C=O) groups is 2. The molecule has 0 spiro atoms. The van der Waals surface area contributed by atoms with Gasteiger partial charge in [-0.2, -0.15) is 0 Å². The van der Waals surface area contributed by atoms with Crippen molar-refractivity contribution in [3.05, 3.63) is 124 Å². The Morgan fingerprint density at radius 1 is 0.722 bits per heavy atom. The van der Waals surface area contributed by atoms with Crippen LogP contribution in [0.3, 0.4) is 0 Å². The van der Waals surface area contributed by atoms with Gasteiger partial charge in [-0.25, -0.2) is 9.59 Å². The van der Waals surface area contributed by atoms with Gasteiger partial charge in [0.15, 0.2) is 0 Å². The molecule has 0 aliphatic heterocycles. The minimum absolute atomic E-state index is 0.00862. The van der Waals surface area contributed by atoms with Crippen molar-refractivity contribution in [1.29, 1.82) is 0 Å². The first-order valence-corrected chi connectivity index (χ1v) is 11.8. The normalized spacial score (nSPS) is 11.5. The van der Waals surface area contributed by atoms with Gasteiger partial charge in [0.05, 0.1) is 0 Å². The predicted octanol–water partition coefficient (Wildman–Crippen LogP) is 6.61. The number of benzene rings is 3. The Morgan fingerprint density at radius 2 is 1.22 bits per heavy atom. The summed E-state index contributed by atoms with van der Waals surface area (Å²) in [6, 6.07) is 26.0. The van der Waals surface area contributed by atoms with Crippen molar-refractivity contribution in [1.82, 2.24) is 0 Å².